The fourth-order valence-electron chi connectivity index (χ4n) is 2.68. The minimum Gasteiger partial charge on any atom is -0.317 e. The Morgan fingerprint density at radius 2 is 2.05 bits per heavy atom. The third kappa shape index (κ3) is 2.81. The van der Waals surface area contributed by atoms with Crippen LogP contribution in [0.2, 0.25) is 24.7 Å². The van der Waals surface area contributed by atoms with E-state index in [1.807, 2.05) is 12.1 Å². The monoisotopic (exact) mass is 318 g/mol. The van der Waals surface area contributed by atoms with Gasteiger partial charge < -0.3 is 10.6 Å². The van der Waals surface area contributed by atoms with Gasteiger partial charge in [-0.3, -0.25) is 0 Å². The summed E-state index contributed by atoms with van der Waals surface area (Å²) in [5.74, 6) is 3.81. The molecule has 1 unspecified atom stereocenters. The van der Waals surface area contributed by atoms with Crippen molar-refractivity contribution in [1.29, 1.82) is 0 Å². The fraction of sp³-hybridized carbons (Fsp3) is 0.438. The molecule has 5 heteroatoms. The van der Waals surface area contributed by atoms with E-state index in [-0.39, 0.29) is 6.03 Å². The number of rotatable bonds is 1. The lowest BCUT2D eigenvalue weighted by Gasteiger charge is -2.36. The Labute approximate surface area is 131 Å². The standard InChI is InChI=1S/C16H19ClN2OSi/c1-21(2,3)9-8-16(11-4-5-11)13-10-12(17)6-7-14(13)18-15(20)19-16/h6-7,10-11H,4-5H2,1-3H3,(H2,18,19,20). The number of hydrogen-bond donors (Lipinski definition) is 2. The highest BCUT2D eigenvalue weighted by Gasteiger charge is 2.50. The van der Waals surface area contributed by atoms with Gasteiger partial charge in [-0.1, -0.05) is 37.2 Å². The maximum absolute atomic E-state index is 12.1. The van der Waals surface area contributed by atoms with Gasteiger partial charge in [-0.2, -0.15) is 0 Å². The minimum absolute atomic E-state index is 0.179. The Morgan fingerprint density at radius 1 is 1.33 bits per heavy atom. The number of carbonyl (C=O) groups excluding carboxylic acids is 1. The zero-order chi connectivity index (χ0) is 15.3. The third-order valence-electron chi connectivity index (χ3n) is 3.79. The van der Waals surface area contributed by atoms with Crippen LogP contribution < -0.4 is 10.6 Å². The first-order chi connectivity index (χ1) is 9.80. The normalized spacial score (nSPS) is 24.3. The molecule has 0 aromatic heterocycles. The quantitative estimate of drug-likeness (QED) is 0.597. The second kappa shape index (κ2) is 4.79. The zero-order valence-corrected chi connectivity index (χ0v) is 14.3. The van der Waals surface area contributed by atoms with Crippen LogP contribution in [0.4, 0.5) is 10.5 Å². The SMILES string of the molecule is C[Si](C)(C)C#CC1(C2CC2)NC(=O)Nc2ccc(Cl)cc21. The lowest BCUT2D eigenvalue weighted by Crippen LogP contribution is -2.52. The van der Waals surface area contributed by atoms with E-state index in [4.69, 9.17) is 11.6 Å². The van der Waals surface area contributed by atoms with Crippen LogP contribution in [0.3, 0.4) is 0 Å². The maximum atomic E-state index is 12.1. The van der Waals surface area contributed by atoms with Crippen molar-refractivity contribution in [2.24, 2.45) is 5.92 Å². The van der Waals surface area contributed by atoms with Crippen molar-refractivity contribution in [3.8, 4) is 11.5 Å². The first-order valence-electron chi connectivity index (χ1n) is 7.24. The summed E-state index contributed by atoms with van der Waals surface area (Å²) >= 11 is 6.18. The molecule has 3 rings (SSSR count). The number of hydrogen-bond acceptors (Lipinski definition) is 1. The average Bonchev–Trinajstić information content (AvgIpc) is 3.20. The number of nitrogens with one attached hydrogen (secondary N) is 2. The Kier molecular flexibility index (Phi) is 3.31. The molecule has 1 aliphatic heterocycles. The Hall–Kier alpha value is -1.44. The van der Waals surface area contributed by atoms with Crippen molar-refractivity contribution in [2.45, 2.75) is 38.0 Å². The van der Waals surface area contributed by atoms with Gasteiger partial charge in [0.2, 0.25) is 0 Å². The second-order valence-electron chi connectivity index (χ2n) is 6.85. The number of halogens is 1. The summed E-state index contributed by atoms with van der Waals surface area (Å²) in [5, 5.41) is 6.62. The molecule has 2 amide bonds. The molecule has 0 bridgehead atoms. The van der Waals surface area contributed by atoms with E-state index in [9.17, 15) is 4.79 Å². The van der Waals surface area contributed by atoms with Crippen LogP contribution in [0, 0.1) is 17.4 Å². The summed E-state index contributed by atoms with van der Waals surface area (Å²) in [6.07, 6.45) is 2.18. The summed E-state index contributed by atoms with van der Waals surface area (Å²) in [4.78, 5) is 12.1. The Balaban J connectivity index is 2.18. The highest BCUT2D eigenvalue weighted by atomic mass is 35.5. The van der Waals surface area contributed by atoms with Crippen molar-refractivity contribution in [3.05, 3.63) is 28.8 Å². The van der Waals surface area contributed by atoms with Crippen LogP contribution >= 0.6 is 11.6 Å². The summed E-state index contributed by atoms with van der Waals surface area (Å²) in [6.45, 7) is 6.63. The third-order valence-corrected chi connectivity index (χ3v) is 4.90. The van der Waals surface area contributed by atoms with Gasteiger partial charge in [-0.15, -0.1) is 5.54 Å². The predicted molar refractivity (Wildman–Crippen MR) is 89.1 cm³/mol. The van der Waals surface area contributed by atoms with E-state index in [2.05, 4.69) is 41.7 Å². The van der Waals surface area contributed by atoms with Gasteiger partial charge in [0.15, 0.2) is 0 Å². The molecule has 0 radical (unpaired) electrons. The van der Waals surface area contributed by atoms with Crippen molar-refractivity contribution < 1.29 is 4.79 Å². The number of urea groups is 1. The fourth-order valence-corrected chi connectivity index (χ4v) is 3.42. The largest absolute Gasteiger partial charge is 0.320 e. The number of carbonyl (C=O) groups is 1. The molecule has 3 nitrogen and oxygen atoms in total. The molecule has 1 aliphatic carbocycles. The zero-order valence-electron chi connectivity index (χ0n) is 12.5. The first-order valence-corrected chi connectivity index (χ1v) is 11.1. The highest BCUT2D eigenvalue weighted by Crippen LogP contribution is 2.49. The van der Waals surface area contributed by atoms with E-state index in [0.717, 1.165) is 24.1 Å². The van der Waals surface area contributed by atoms with E-state index in [1.165, 1.54) is 0 Å². The van der Waals surface area contributed by atoms with Gasteiger partial charge in [0.05, 0.1) is 0 Å². The molecule has 2 N–H and O–H groups in total. The Morgan fingerprint density at radius 3 is 2.67 bits per heavy atom. The van der Waals surface area contributed by atoms with Crippen LogP contribution in [0.5, 0.6) is 0 Å². The summed E-state index contributed by atoms with van der Waals surface area (Å²) in [7, 11) is -1.53. The van der Waals surface area contributed by atoms with E-state index in [0.29, 0.717) is 10.9 Å². The Bertz CT molecular complexity index is 667. The molecular weight excluding hydrogens is 300 g/mol. The molecule has 1 heterocycles. The van der Waals surface area contributed by atoms with Gasteiger partial charge in [0.25, 0.3) is 0 Å². The van der Waals surface area contributed by atoms with Gasteiger partial charge in [-0.05, 0) is 37.0 Å². The van der Waals surface area contributed by atoms with Crippen molar-refractivity contribution in [3.63, 3.8) is 0 Å². The lowest BCUT2D eigenvalue weighted by molar-refractivity contribution is 0.238. The van der Waals surface area contributed by atoms with E-state index >= 15 is 0 Å². The van der Waals surface area contributed by atoms with Crippen molar-refractivity contribution in [2.75, 3.05) is 5.32 Å². The summed E-state index contributed by atoms with van der Waals surface area (Å²) in [6, 6.07) is 5.42. The average molecular weight is 319 g/mol. The molecule has 1 aromatic rings. The topological polar surface area (TPSA) is 41.1 Å². The van der Waals surface area contributed by atoms with Crippen LogP contribution in [0.1, 0.15) is 18.4 Å². The minimum atomic E-state index is -1.53. The first kappa shape index (κ1) is 14.5. The molecule has 0 spiro atoms. The molecule has 21 heavy (non-hydrogen) atoms. The molecule has 110 valence electrons. The predicted octanol–water partition coefficient (Wildman–Crippen LogP) is 3.96. The van der Waals surface area contributed by atoms with Crippen LogP contribution in [-0.2, 0) is 5.54 Å². The van der Waals surface area contributed by atoms with Gasteiger partial charge in [0, 0.05) is 16.3 Å². The van der Waals surface area contributed by atoms with Gasteiger partial charge in [0.1, 0.15) is 13.6 Å². The second-order valence-corrected chi connectivity index (χ2v) is 12.0. The lowest BCUT2D eigenvalue weighted by atomic mass is 9.83. The number of anilines is 1. The van der Waals surface area contributed by atoms with Gasteiger partial charge >= 0.3 is 6.03 Å². The number of amides is 2. The van der Waals surface area contributed by atoms with Crippen LogP contribution in [0.15, 0.2) is 18.2 Å². The number of fused-ring (bicyclic) bond motifs is 1. The molecule has 1 saturated carbocycles. The highest BCUT2D eigenvalue weighted by molar-refractivity contribution is 6.83. The molecule has 1 fully saturated rings. The number of benzene rings is 1. The maximum Gasteiger partial charge on any atom is 0.320 e. The molecule has 0 saturated heterocycles. The summed E-state index contributed by atoms with van der Waals surface area (Å²) in [5.41, 5.74) is 4.68. The van der Waals surface area contributed by atoms with Crippen LogP contribution in [-0.4, -0.2) is 14.1 Å². The van der Waals surface area contributed by atoms with Crippen molar-refractivity contribution in [1.82, 2.24) is 5.32 Å². The van der Waals surface area contributed by atoms with E-state index < -0.39 is 13.6 Å². The van der Waals surface area contributed by atoms with Crippen LogP contribution in [0.25, 0.3) is 0 Å². The van der Waals surface area contributed by atoms with Crippen molar-refractivity contribution >= 4 is 31.4 Å². The molecule has 1 aromatic carbocycles. The summed E-state index contributed by atoms with van der Waals surface area (Å²) < 4.78 is 0. The molecule has 1 atom stereocenters. The smallest absolute Gasteiger partial charge is 0.317 e. The molecule has 2 aliphatic rings. The molecular formula is C16H19ClN2OSi. The van der Waals surface area contributed by atoms with Gasteiger partial charge in [-0.25, -0.2) is 4.79 Å². The van der Waals surface area contributed by atoms with E-state index in [1.54, 1.807) is 6.07 Å².